The Morgan fingerprint density at radius 2 is 1.31 bits per heavy atom. The molecule has 12 heteroatoms. The molecule has 190 valence electrons. The fraction of sp³-hybridized carbons (Fsp3) is 0.217. The first-order chi connectivity index (χ1) is 16.4. The molecule has 0 fully saturated rings. The molecule has 0 saturated carbocycles. The van der Waals surface area contributed by atoms with Crippen LogP contribution in [0.3, 0.4) is 0 Å². The van der Waals surface area contributed by atoms with Gasteiger partial charge in [-0.1, -0.05) is 17.7 Å². The molecule has 3 aromatic carbocycles. The molecule has 0 N–H and O–H groups in total. The highest BCUT2D eigenvalue weighted by Crippen LogP contribution is 2.27. The Balaban J connectivity index is 0.000000328. The van der Waals surface area contributed by atoms with Crippen molar-refractivity contribution < 1.29 is 66.3 Å². The number of hydrogen-bond donors (Lipinski definition) is 0. The van der Waals surface area contributed by atoms with E-state index in [1.54, 1.807) is 57.7 Å². The molecule has 0 radical (unpaired) electrons. The second-order valence-corrected chi connectivity index (χ2v) is 11.0. The van der Waals surface area contributed by atoms with Crippen molar-refractivity contribution in [2.75, 3.05) is 21.3 Å². The molecule has 0 aromatic heterocycles. The summed E-state index contributed by atoms with van der Waals surface area (Å²) in [6.07, 6.45) is -4.70. The van der Waals surface area contributed by atoms with E-state index in [0.29, 0.717) is 17.2 Å². The van der Waals surface area contributed by atoms with E-state index in [2.05, 4.69) is 4.74 Å². The van der Waals surface area contributed by atoms with Gasteiger partial charge in [0.1, 0.15) is 21.6 Å². The Labute approximate surface area is 211 Å². The van der Waals surface area contributed by atoms with Crippen molar-refractivity contribution in [3.63, 3.8) is 0 Å². The molecule has 35 heavy (non-hydrogen) atoms. The van der Waals surface area contributed by atoms with Crippen molar-refractivity contribution in [1.82, 2.24) is 0 Å². The zero-order valence-electron chi connectivity index (χ0n) is 19.1. The Kier molecular flexibility index (Phi) is 10.0. The summed E-state index contributed by atoms with van der Waals surface area (Å²) >= 11 is -0.735. The zero-order valence-corrected chi connectivity index (χ0v) is 22.0. The quantitative estimate of drug-likeness (QED) is 0.291. The van der Waals surface area contributed by atoms with Crippen LogP contribution >= 0.6 is 0 Å². The van der Waals surface area contributed by atoms with Crippen LogP contribution in [-0.2, 0) is 10.1 Å². The van der Waals surface area contributed by atoms with Crippen LogP contribution in [0.4, 0.5) is 13.2 Å². The van der Waals surface area contributed by atoms with Crippen LogP contribution in [0.5, 0.6) is 23.0 Å². The van der Waals surface area contributed by atoms with Gasteiger partial charge in [0.2, 0.25) is 0 Å². The molecule has 0 amide bonds. The molecule has 0 aliphatic heterocycles. The van der Waals surface area contributed by atoms with E-state index >= 15 is 0 Å². The standard InChI is InChI=1S/C16H15F3IO4.C7H8O3S/c1-21-12-8-13(22-2)15(14(9-12)23-3)20-10-4-6-11(7-5-10)24-16(17,18)19;1-6-2-4-7(5-3-6)11(8,9)10/h4-9H,1-3H3;2-5H,1H3,(H,8,9,10)/q+1;/p-1. The van der Waals surface area contributed by atoms with Gasteiger partial charge in [-0.05, 0) is 43.3 Å². The van der Waals surface area contributed by atoms with Gasteiger partial charge in [-0.25, -0.2) is 8.42 Å². The molecule has 3 rings (SSSR count). The van der Waals surface area contributed by atoms with E-state index in [1.807, 2.05) is 6.92 Å². The normalized spacial score (nSPS) is 11.2. The number of rotatable bonds is 7. The summed E-state index contributed by atoms with van der Waals surface area (Å²) in [7, 11) is 0.361. The van der Waals surface area contributed by atoms with E-state index in [0.717, 1.165) is 12.7 Å². The number of aryl methyl sites for hydroxylation is 1. The number of halogens is 4. The van der Waals surface area contributed by atoms with Gasteiger partial charge in [0.25, 0.3) is 3.57 Å². The van der Waals surface area contributed by atoms with Crippen LogP contribution in [0.15, 0.2) is 65.6 Å². The molecule has 0 unspecified atom stereocenters. The molecule has 0 aliphatic rings. The number of methoxy groups -OCH3 is 3. The smallest absolute Gasteiger partial charge is 0.573 e. The van der Waals surface area contributed by atoms with E-state index < -0.39 is 37.7 Å². The Morgan fingerprint density at radius 1 is 0.800 bits per heavy atom. The predicted molar refractivity (Wildman–Crippen MR) is 116 cm³/mol. The fourth-order valence-corrected chi connectivity index (χ4v) is 5.66. The van der Waals surface area contributed by atoms with Crippen molar-refractivity contribution in [3.05, 3.63) is 73.4 Å². The van der Waals surface area contributed by atoms with Gasteiger partial charge in [0.15, 0.2) is 15.1 Å². The largest absolute Gasteiger partial charge is 0.744 e. The Bertz CT molecular complexity index is 1190. The third kappa shape index (κ3) is 9.11. The lowest BCUT2D eigenvalue weighted by atomic mass is 10.2. The summed E-state index contributed by atoms with van der Waals surface area (Å²) in [6.45, 7) is 1.82. The minimum atomic E-state index is -4.70. The van der Waals surface area contributed by atoms with Crippen molar-refractivity contribution in [1.29, 1.82) is 0 Å². The van der Waals surface area contributed by atoms with E-state index in [4.69, 9.17) is 14.2 Å². The van der Waals surface area contributed by atoms with Gasteiger partial charge >= 0.3 is 27.6 Å². The molecule has 0 bridgehead atoms. The first-order valence-electron chi connectivity index (χ1n) is 9.69. The number of ether oxygens (including phenoxy) is 4. The maximum absolute atomic E-state index is 12.2. The minimum Gasteiger partial charge on any atom is -0.744 e. The van der Waals surface area contributed by atoms with E-state index in [1.165, 1.54) is 24.3 Å². The summed E-state index contributed by atoms with van der Waals surface area (Å²) < 4.78 is 89.4. The summed E-state index contributed by atoms with van der Waals surface area (Å²) in [6, 6.07) is 15.1. The first kappa shape index (κ1) is 28.5. The summed E-state index contributed by atoms with van der Waals surface area (Å²) in [5.74, 6) is 1.60. The lowest BCUT2D eigenvalue weighted by Gasteiger charge is -2.09. The summed E-state index contributed by atoms with van der Waals surface area (Å²) in [5.41, 5.74) is 0.928. The van der Waals surface area contributed by atoms with E-state index in [-0.39, 0.29) is 10.6 Å². The topological polar surface area (TPSA) is 94.1 Å². The molecular weight excluding hydrogens is 604 g/mol. The third-order valence-electron chi connectivity index (χ3n) is 4.22. The second kappa shape index (κ2) is 12.3. The van der Waals surface area contributed by atoms with Gasteiger partial charge < -0.3 is 23.5 Å². The summed E-state index contributed by atoms with van der Waals surface area (Å²) in [4.78, 5) is -0.178. The highest BCUT2D eigenvalue weighted by Gasteiger charge is 2.32. The van der Waals surface area contributed by atoms with Crippen molar-refractivity contribution in [3.8, 4) is 23.0 Å². The van der Waals surface area contributed by atoms with Crippen molar-refractivity contribution in [2.24, 2.45) is 0 Å². The molecule has 7 nitrogen and oxygen atoms in total. The molecule has 0 spiro atoms. The van der Waals surface area contributed by atoms with Gasteiger partial charge in [-0.3, -0.25) is 0 Å². The average molecular weight is 626 g/mol. The third-order valence-corrected chi connectivity index (χ3v) is 8.01. The number of alkyl halides is 3. The lowest BCUT2D eigenvalue weighted by molar-refractivity contribution is -0.598. The van der Waals surface area contributed by atoms with Crippen LogP contribution in [0.1, 0.15) is 5.56 Å². The Morgan fingerprint density at radius 3 is 1.71 bits per heavy atom. The maximum Gasteiger partial charge on any atom is 0.573 e. The minimum absolute atomic E-state index is 0.178. The maximum atomic E-state index is 12.2. The van der Waals surface area contributed by atoms with Gasteiger partial charge in [-0.2, -0.15) is 0 Å². The van der Waals surface area contributed by atoms with Crippen LogP contribution in [0.25, 0.3) is 0 Å². The fourth-order valence-electron chi connectivity index (χ4n) is 2.57. The highest BCUT2D eigenvalue weighted by atomic mass is 127. The Hall–Kier alpha value is -2.71. The molecule has 0 aliphatic carbocycles. The van der Waals surface area contributed by atoms with Crippen molar-refractivity contribution in [2.45, 2.75) is 18.2 Å². The molecule has 3 aromatic rings. The van der Waals surface area contributed by atoms with Crippen LogP contribution in [0.2, 0.25) is 0 Å². The molecular formula is C23H22F3IO7S. The second-order valence-electron chi connectivity index (χ2n) is 6.71. The molecule has 0 heterocycles. The van der Waals surface area contributed by atoms with Gasteiger partial charge in [0.05, 0.1) is 26.2 Å². The zero-order chi connectivity index (χ0) is 26.2. The SMILES string of the molecule is COc1cc(OC)c([I+]c2ccc(OC(F)(F)F)cc2)c(OC)c1.Cc1ccc(S(=O)(=O)[O-])cc1. The molecule has 0 saturated heterocycles. The number of benzene rings is 3. The highest BCUT2D eigenvalue weighted by molar-refractivity contribution is 7.85. The average Bonchev–Trinajstić information content (AvgIpc) is 2.79. The van der Waals surface area contributed by atoms with Gasteiger partial charge in [-0.15, -0.1) is 13.2 Å². The van der Waals surface area contributed by atoms with Crippen LogP contribution in [-0.4, -0.2) is 40.7 Å². The first-order valence-corrected chi connectivity index (χ1v) is 13.3. The summed E-state index contributed by atoms with van der Waals surface area (Å²) in [5, 5.41) is 0. The van der Waals surface area contributed by atoms with Crippen molar-refractivity contribution >= 4 is 10.1 Å². The van der Waals surface area contributed by atoms with Crippen LogP contribution in [0, 0.1) is 14.1 Å². The van der Waals surface area contributed by atoms with Crippen LogP contribution < -0.4 is 40.2 Å². The lowest BCUT2D eigenvalue weighted by Crippen LogP contribution is -3.61. The predicted octanol–water partition coefficient (Wildman–Crippen LogP) is 1.64. The monoisotopic (exact) mass is 626 g/mol. The van der Waals surface area contributed by atoms with E-state index in [9.17, 15) is 26.1 Å². The molecule has 0 atom stereocenters. The van der Waals surface area contributed by atoms with Gasteiger partial charge in [0, 0.05) is 12.1 Å². The number of hydrogen-bond acceptors (Lipinski definition) is 7.